The lowest BCUT2D eigenvalue weighted by molar-refractivity contribution is -0.115. The SMILES string of the molecule is CCC(=O)Nc1nc2c(s1)C[C@@H](C(C)(C)C)CC2. The molecule has 4 heteroatoms. The van der Waals surface area contributed by atoms with Crippen LogP contribution in [0.15, 0.2) is 0 Å². The second-order valence-electron chi connectivity index (χ2n) is 6.10. The van der Waals surface area contributed by atoms with Gasteiger partial charge < -0.3 is 5.32 Å². The molecule has 0 fully saturated rings. The molecule has 1 aromatic heterocycles. The van der Waals surface area contributed by atoms with Crippen LogP contribution in [-0.4, -0.2) is 10.9 Å². The zero-order valence-electron chi connectivity index (χ0n) is 11.7. The number of anilines is 1. The number of aromatic nitrogens is 1. The molecule has 100 valence electrons. The van der Waals surface area contributed by atoms with Gasteiger partial charge in [0.25, 0.3) is 0 Å². The number of rotatable bonds is 2. The van der Waals surface area contributed by atoms with E-state index in [0.717, 1.165) is 23.9 Å². The number of thiazole rings is 1. The third-order valence-electron chi connectivity index (χ3n) is 3.73. The number of carbonyl (C=O) groups excluding carboxylic acids is 1. The molecular formula is C14H22N2OS. The molecule has 0 saturated carbocycles. The summed E-state index contributed by atoms with van der Waals surface area (Å²) in [6.07, 6.45) is 3.88. The molecule has 0 unspecified atom stereocenters. The number of aryl methyl sites for hydroxylation is 1. The third-order valence-corrected chi connectivity index (χ3v) is 4.77. The first-order valence-corrected chi connectivity index (χ1v) is 7.50. The van der Waals surface area contributed by atoms with Crippen LogP contribution in [-0.2, 0) is 17.6 Å². The molecular weight excluding hydrogens is 244 g/mol. The Morgan fingerprint density at radius 2 is 2.22 bits per heavy atom. The molecule has 0 radical (unpaired) electrons. The van der Waals surface area contributed by atoms with Crippen LogP contribution in [0.25, 0.3) is 0 Å². The van der Waals surface area contributed by atoms with Crippen molar-refractivity contribution < 1.29 is 4.79 Å². The van der Waals surface area contributed by atoms with Crippen molar-refractivity contribution in [3.63, 3.8) is 0 Å². The normalized spacial score (nSPS) is 19.4. The van der Waals surface area contributed by atoms with Gasteiger partial charge >= 0.3 is 0 Å². The molecule has 0 bridgehead atoms. The highest BCUT2D eigenvalue weighted by Crippen LogP contribution is 2.39. The van der Waals surface area contributed by atoms with Crippen LogP contribution in [0.4, 0.5) is 5.13 Å². The molecule has 3 nitrogen and oxygen atoms in total. The zero-order valence-corrected chi connectivity index (χ0v) is 12.5. The van der Waals surface area contributed by atoms with E-state index in [1.807, 2.05) is 6.92 Å². The maximum Gasteiger partial charge on any atom is 0.225 e. The van der Waals surface area contributed by atoms with Crippen molar-refractivity contribution in [1.29, 1.82) is 0 Å². The molecule has 18 heavy (non-hydrogen) atoms. The van der Waals surface area contributed by atoms with Gasteiger partial charge in [-0.1, -0.05) is 27.7 Å². The van der Waals surface area contributed by atoms with Crippen LogP contribution in [0.3, 0.4) is 0 Å². The number of amides is 1. The lowest BCUT2D eigenvalue weighted by Gasteiger charge is -2.33. The number of nitrogens with zero attached hydrogens (tertiary/aromatic N) is 1. The molecule has 1 aromatic rings. The topological polar surface area (TPSA) is 42.0 Å². The summed E-state index contributed by atoms with van der Waals surface area (Å²) >= 11 is 1.66. The first-order valence-electron chi connectivity index (χ1n) is 6.68. The Labute approximate surface area is 113 Å². The fourth-order valence-corrected chi connectivity index (χ4v) is 3.48. The summed E-state index contributed by atoms with van der Waals surface area (Å²) in [7, 11) is 0. The van der Waals surface area contributed by atoms with E-state index in [-0.39, 0.29) is 5.91 Å². The van der Waals surface area contributed by atoms with E-state index in [2.05, 4.69) is 31.1 Å². The van der Waals surface area contributed by atoms with Crippen molar-refractivity contribution in [3.05, 3.63) is 10.6 Å². The molecule has 0 saturated heterocycles. The monoisotopic (exact) mass is 266 g/mol. The summed E-state index contributed by atoms with van der Waals surface area (Å²) < 4.78 is 0. The van der Waals surface area contributed by atoms with Gasteiger partial charge in [0.2, 0.25) is 5.91 Å². The van der Waals surface area contributed by atoms with Gasteiger partial charge in [-0.25, -0.2) is 4.98 Å². The van der Waals surface area contributed by atoms with Crippen LogP contribution >= 0.6 is 11.3 Å². The Morgan fingerprint density at radius 3 is 2.83 bits per heavy atom. The quantitative estimate of drug-likeness (QED) is 0.888. The third kappa shape index (κ3) is 2.91. The maximum absolute atomic E-state index is 11.4. The Hall–Kier alpha value is -0.900. The van der Waals surface area contributed by atoms with Gasteiger partial charge in [-0.15, -0.1) is 11.3 Å². The standard InChI is InChI=1S/C14H22N2OS/c1-5-12(17)16-13-15-10-7-6-9(14(2,3)4)8-11(10)18-13/h9H,5-8H2,1-4H3,(H,15,16,17)/t9-/m0/s1. The Kier molecular flexibility index (Phi) is 3.76. The number of hydrogen-bond donors (Lipinski definition) is 1. The van der Waals surface area contributed by atoms with Crippen LogP contribution in [0.1, 0.15) is 51.1 Å². The average molecular weight is 266 g/mol. The van der Waals surface area contributed by atoms with Crippen LogP contribution in [0.2, 0.25) is 0 Å². The van der Waals surface area contributed by atoms with Gasteiger partial charge in [-0.2, -0.15) is 0 Å². The van der Waals surface area contributed by atoms with Crippen LogP contribution < -0.4 is 5.32 Å². The summed E-state index contributed by atoms with van der Waals surface area (Å²) in [4.78, 5) is 17.3. The molecule has 1 atom stereocenters. The molecule has 1 aliphatic rings. The van der Waals surface area contributed by atoms with Crippen molar-refractivity contribution >= 4 is 22.4 Å². The molecule has 0 aliphatic heterocycles. The minimum Gasteiger partial charge on any atom is -0.302 e. The van der Waals surface area contributed by atoms with E-state index < -0.39 is 0 Å². The van der Waals surface area contributed by atoms with Crippen molar-refractivity contribution in [2.24, 2.45) is 11.3 Å². The molecule has 0 spiro atoms. The fourth-order valence-electron chi connectivity index (χ4n) is 2.38. The van der Waals surface area contributed by atoms with Gasteiger partial charge in [0.1, 0.15) is 0 Å². The van der Waals surface area contributed by atoms with Crippen molar-refractivity contribution in [1.82, 2.24) is 4.98 Å². The minimum absolute atomic E-state index is 0.0495. The Bertz CT molecular complexity index is 445. The summed E-state index contributed by atoms with van der Waals surface area (Å²) in [5, 5.41) is 3.65. The lowest BCUT2D eigenvalue weighted by atomic mass is 9.73. The Balaban J connectivity index is 2.11. The van der Waals surface area contributed by atoms with Crippen LogP contribution in [0.5, 0.6) is 0 Å². The van der Waals surface area contributed by atoms with E-state index in [9.17, 15) is 4.79 Å². The van der Waals surface area contributed by atoms with Crippen molar-refractivity contribution in [2.45, 2.75) is 53.4 Å². The number of hydrogen-bond acceptors (Lipinski definition) is 3. The van der Waals surface area contributed by atoms with E-state index in [4.69, 9.17) is 0 Å². The predicted molar refractivity (Wildman–Crippen MR) is 76.0 cm³/mol. The molecule has 0 aromatic carbocycles. The molecule has 1 N–H and O–H groups in total. The smallest absolute Gasteiger partial charge is 0.225 e. The summed E-state index contributed by atoms with van der Waals surface area (Å²) in [6, 6.07) is 0. The van der Waals surface area contributed by atoms with Gasteiger partial charge in [0.15, 0.2) is 5.13 Å². The van der Waals surface area contributed by atoms with E-state index in [0.29, 0.717) is 11.8 Å². The summed E-state index contributed by atoms with van der Waals surface area (Å²) in [5.41, 5.74) is 1.56. The first-order chi connectivity index (χ1) is 8.40. The van der Waals surface area contributed by atoms with Crippen molar-refractivity contribution in [2.75, 3.05) is 5.32 Å². The minimum atomic E-state index is 0.0495. The van der Waals surface area contributed by atoms with Crippen LogP contribution in [0, 0.1) is 11.3 Å². The number of fused-ring (bicyclic) bond motifs is 1. The van der Waals surface area contributed by atoms with Gasteiger partial charge in [0, 0.05) is 11.3 Å². The zero-order chi connectivity index (χ0) is 13.3. The second kappa shape index (κ2) is 5.00. The highest BCUT2D eigenvalue weighted by molar-refractivity contribution is 7.15. The molecule has 1 aliphatic carbocycles. The van der Waals surface area contributed by atoms with Gasteiger partial charge in [-0.05, 0) is 30.6 Å². The van der Waals surface area contributed by atoms with Gasteiger partial charge in [-0.3, -0.25) is 4.79 Å². The number of nitrogens with one attached hydrogen (secondary N) is 1. The summed E-state index contributed by atoms with van der Waals surface area (Å²) in [5.74, 6) is 0.772. The largest absolute Gasteiger partial charge is 0.302 e. The van der Waals surface area contributed by atoms with E-state index in [1.165, 1.54) is 17.0 Å². The molecule has 2 rings (SSSR count). The molecule has 1 heterocycles. The second-order valence-corrected chi connectivity index (χ2v) is 7.18. The van der Waals surface area contributed by atoms with Crippen molar-refractivity contribution in [3.8, 4) is 0 Å². The highest BCUT2D eigenvalue weighted by atomic mass is 32.1. The number of carbonyl (C=O) groups is 1. The summed E-state index contributed by atoms with van der Waals surface area (Å²) in [6.45, 7) is 8.79. The van der Waals surface area contributed by atoms with E-state index >= 15 is 0 Å². The van der Waals surface area contributed by atoms with Gasteiger partial charge in [0.05, 0.1) is 5.69 Å². The van der Waals surface area contributed by atoms with E-state index in [1.54, 1.807) is 11.3 Å². The highest BCUT2D eigenvalue weighted by Gasteiger charge is 2.30. The Morgan fingerprint density at radius 1 is 1.50 bits per heavy atom. The molecule has 1 amide bonds. The maximum atomic E-state index is 11.4. The predicted octanol–water partition coefficient (Wildman–Crippen LogP) is 3.64. The fraction of sp³-hybridized carbons (Fsp3) is 0.714. The average Bonchev–Trinajstić information content (AvgIpc) is 2.68. The first kappa shape index (κ1) is 13.5. The lowest BCUT2D eigenvalue weighted by Crippen LogP contribution is -2.26.